The first-order chi connectivity index (χ1) is 6.49. The van der Waals surface area contributed by atoms with Crippen LogP contribution in [-0.4, -0.2) is 13.4 Å². The van der Waals surface area contributed by atoms with E-state index in [1.54, 1.807) is 0 Å². The van der Waals surface area contributed by atoms with Crippen LogP contribution in [0.2, 0.25) is 0 Å². The summed E-state index contributed by atoms with van der Waals surface area (Å²) in [7, 11) is 1.31. The minimum absolute atomic E-state index is 0.0862. The lowest BCUT2D eigenvalue weighted by atomic mass is 10.1. The van der Waals surface area contributed by atoms with Gasteiger partial charge in [-0.2, -0.15) is 0 Å². The third-order valence-electron chi connectivity index (χ3n) is 1.83. The summed E-state index contributed by atoms with van der Waals surface area (Å²) in [5.41, 5.74) is -0.0630. The lowest BCUT2D eigenvalue weighted by molar-refractivity contribution is 0.0150. The number of ether oxygens (including phenoxy) is 1. The number of carbonyl (C=O) groups excluding carboxylic acids is 1. The third-order valence-corrected chi connectivity index (χ3v) is 1.83. The number of alkyl halides is 2. The molecule has 0 aromatic heterocycles. The number of halogens is 2. The van der Waals surface area contributed by atoms with Gasteiger partial charge < -0.3 is 4.74 Å². The van der Waals surface area contributed by atoms with Gasteiger partial charge in [0.15, 0.2) is 0 Å². The fourth-order valence-corrected chi connectivity index (χ4v) is 1.14. The quantitative estimate of drug-likeness (QED) is 0.701. The normalized spacial score (nSPS) is 11.1. The molecule has 1 rings (SSSR count). The number of hydrogen-bond donors (Lipinski definition) is 0. The van der Waals surface area contributed by atoms with Crippen molar-refractivity contribution < 1.29 is 18.3 Å². The molecule has 2 nitrogen and oxygen atoms in total. The summed E-state index contributed by atoms with van der Waals surface area (Å²) in [6.07, 6.45) is 0.522. The van der Waals surface area contributed by atoms with Gasteiger partial charge in [0.1, 0.15) is 12.0 Å². The van der Waals surface area contributed by atoms with Crippen LogP contribution in [0.4, 0.5) is 8.78 Å². The van der Waals surface area contributed by atoms with Crippen LogP contribution in [0, 0.1) is 0 Å². The van der Waals surface area contributed by atoms with Gasteiger partial charge in [-0.25, -0.2) is 8.78 Å². The van der Waals surface area contributed by atoms with Crippen molar-refractivity contribution in [1.29, 1.82) is 0 Å². The number of methoxy groups -OCH3 is 1. The molecule has 0 atom stereocenters. The summed E-state index contributed by atoms with van der Waals surface area (Å²) in [5, 5.41) is 0. The Balaban J connectivity index is 3.29. The van der Waals surface area contributed by atoms with Gasteiger partial charge in [0, 0.05) is 12.5 Å². The summed E-state index contributed by atoms with van der Waals surface area (Å²) >= 11 is 0. The molecule has 0 unspecified atom stereocenters. The van der Waals surface area contributed by atoms with Gasteiger partial charge >= 0.3 is 0 Å². The molecule has 0 spiro atoms. The van der Waals surface area contributed by atoms with Crippen molar-refractivity contribution in [1.82, 2.24) is 0 Å². The van der Waals surface area contributed by atoms with Gasteiger partial charge in [-0.15, -0.1) is 0 Å². The first kappa shape index (κ1) is 10.6. The maximum atomic E-state index is 13.0. The summed E-state index contributed by atoms with van der Waals surface area (Å²) in [4.78, 5) is 10.4. The first-order valence-corrected chi connectivity index (χ1v) is 4.00. The van der Waals surface area contributed by atoms with Crippen LogP contribution in [0.1, 0.15) is 22.8 Å². The number of rotatable bonds is 3. The van der Waals surface area contributed by atoms with Crippen molar-refractivity contribution in [3.63, 3.8) is 0 Å². The molecule has 0 saturated heterocycles. The Morgan fingerprint density at radius 1 is 1.43 bits per heavy atom. The maximum Gasteiger partial charge on any atom is 0.274 e. The predicted octanol–water partition coefficient (Wildman–Crippen LogP) is 2.62. The van der Waals surface area contributed by atoms with Crippen LogP contribution in [0.25, 0.3) is 0 Å². The zero-order valence-corrected chi connectivity index (χ0v) is 7.88. The second-order valence-corrected chi connectivity index (χ2v) is 2.97. The van der Waals surface area contributed by atoms with Crippen LogP contribution in [0.3, 0.4) is 0 Å². The van der Waals surface area contributed by atoms with Gasteiger partial charge in [-0.3, -0.25) is 4.79 Å². The molecule has 0 saturated carbocycles. The largest absolute Gasteiger partial charge is 0.496 e. The first-order valence-electron chi connectivity index (χ1n) is 4.00. The van der Waals surface area contributed by atoms with E-state index < -0.39 is 5.92 Å². The molecule has 0 radical (unpaired) electrons. The van der Waals surface area contributed by atoms with Crippen molar-refractivity contribution in [2.75, 3.05) is 7.11 Å². The highest BCUT2D eigenvalue weighted by Gasteiger charge is 2.28. The van der Waals surface area contributed by atoms with Gasteiger partial charge in [0.2, 0.25) is 0 Å². The van der Waals surface area contributed by atoms with E-state index in [2.05, 4.69) is 0 Å². The van der Waals surface area contributed by atoms with E-state index >= 15 is 0 Å². The van der Waals surface area contributed by atoms with E-state index in [4.69, 9.17) is 4.74 Å². The number of aldehydes is 1. The summed E-state index contributed by atoms with van der Waals surface area (Å²) in [5.74, 6) is -2.92. The zero-order chi connectivity index (χ0) is 10.8. The van der Waals surface area contributed by atoms with E-state index in [0.717, 1.165) is 13.0 Å². The zero-order valence-electron chi connectivity index (χ0n) is 7.88. The Bertz CT molecular complexity index is 342. The van der Waals surface area contributed by atoms with E-state index in [9.17, 15) is 13.6 Å². The molecule has 76 valence electrons. The summed E-state index contributed by atoms with van der Waals surface area (Å²) in [6.45, 7) is 0.763. The lowest BCUT2D eigenvalue weighted by Gasteiger charge is -2.14. The van der Waals surface area contributed by atoms with Crippen LogP contribution >= 0.6 is 0 Å². The molecule has 0 heterocycles. The minimum Gasteiger partial charge on any atom is -0.496 e. The highest BCUT2D eigenvalue weighted by molar-refractivity contribution is 5.75. The summed E-state index contributed by atoms with van der Waals surface area (Å²) in [6, 6.07) is 3.92. The highest BCUT2D eigenvalue weighted by Crippen LogP contribution is 2.34. The van der Waals surface area contributed by atoms with E-state index in [-0.39, 0.29) is 16.9 Å². The smallest absolute Gasteiger partial charge is 0.274 e. The van der Waals surface area contributed by atoms with Gasteiger partial charge in [0.05, 0.1) is 12.7 Å². The van der Waals surface area contributed by atoms with Crippen LogP contribution in [-0.2, 0) is 5.92 Å². The van der Waals surface area contributed by atoms with Crippen molar-refractivity contribution in [3.8, 4) is 5.75 Å². The number of benzene rings is 1. The summed E-state index contributed by atoms with van der Waals surface area (Å²) < 4.78 is 30.8. The Morgan fingerprint density at radius 3 is 2.50 bits per heavy atom. The molecule has 0 aliphatic carbocycles. The molecule has 14 heavy (non-hydrogen) atoms. The minimum atomic E-state index is -3.01. The molecule has 0 bridgehead atoms. The highest BCUT2D eigenvalue weighted by atomic mass is 19.3. The van der Waals surface area contributed by atoms with E-state index in [0.29, 0.717) is 6.29 Å². The predicted molar refractivity (Wildman–Crippen MR) is 47.9 cm³/mol. The van der Waals surface area contributed by atoms with Gasteiger partial charge in [0.25, 0.3) is 5.92 Å². The second-order valence-electron chi connectivity index (χ2n) is 2.97. The number of hydrogen-bond acceptors (Lipinski definition) is 2. The molecule has 0 fully saturated rings. The van der Waals surface area contributed by atoms with Crippen molar-refractivity contribution >= 4 is 6.29 Å². The SMILES string of the molecule is COc1ccc(C=O)cc1C(C)(F)F. The van der Waals surface area contributed by atoms with Crippen LogP contribution in [0.5, 0.6) is 5.75 Å². The fraction of sp³-hybridized carbons (Fsp3) is 0.300. The lowest BCUT2D eigenvalue weighted by Crippen LogP contribution is -2.09. The number of carbonyl (C=O) groups is 1. The Hall–Kier alpha value is -1.45. The topological polar surface area (TPSA) is 26.3 Å². The van der Waals surface area contributed by atoms with Crippen molar-refractivity contribution in [2.24, 2.45) is 0 Å². The van der Waals surface area contributed by atoms with Crippen molar-refractivity contribution in [3.05, 3.63) is 29.3 Å². The van der Waals surface area contributed by atoms with Gasteiger partial charge in [-0.05, 0) is 18.2 Å². The fourth-order valence-electron chi connectivity index (χ4n) is 1.14. The molecule has 0 amide bonds. The van der Waals surface area contributed by atoms with Crippen LogP contribution < -0.4 is 4.74 Å². The maximum absolute atomic E-state index is 13.0. The average Bonchev–Trinajstić information content (AvgIpc) is 2.15. The molecule has 1 aromatic carbocycles. The molecule has 4 heteroatoms. The molecule has 0 N–H and O–H groups in total. The Morgan fingerprint density at radius 2 is 2.07 bits per heavy atom. The Kier molecular flexibility index (Phi) is 2.84. The van der Waals surface area contributed by atoms with Gasteiger partial charge in [-0.1, -0.05) is 0 Å². The molecular formula is C10H10F2O2. The van der Waals surface area contributed by atoms with Crippen LogP contribution in [0.15, 0.2) is 18.2 Å². The van der Waals surface area contributed by atoms with E-state index in [1.807, 2.05) is 0 Å². The van der Waals surface area contributed by atoms with Crippen molar-refractivity contribution in [2.45, 2.75) is 12.8 Å². The molecule has 0 aliphatic rings. The standard InChI is InChI=1S/C10H10F2O2/c1-10(11,12)8-5-7(6-13)3-4-9(8)14-2/h3-6H,1-2H3. The molecule has 1 aromatic rings. The van der Waals surface area contributed by atoms with E-state index in [1.165, 1.54) is 19.2 Å². The molecule has 0 aliphatic heterocycles. The molecular weight excluding hydrogens is 190 g/mol. The second kappa shape index (κ2) is 3.74. The monoisotopic (exact) mass is 200 g/mol. The average molecular weight is 200 g/mol. The third kappa shape index (κ3) is 2.07. The Labute approximate surface area is 80.5 Å².